The van der Waals surface area contributed by atoms with Gasteiger partial charge in [0.25, 0.3) is 11.8 Å². The minimum Gasteiger partial charge on any atom is -0.365 e. The summed E-state index contributed by atoms with van der Waals surface area (Å²) < 4.78 is 13.3. The van der Waals surface area contributed by atoms with Gasteiger partial charge in [0.1, 0.15) is 10.8 Å². The van der Waals surface area contributed by atoms with Gasteiger partial charge in [-0.3, -0.25) is 9.59 Å². The second kappa shape index (κ2) is 6.12. The summed E-state index contributed by atoms with van der Waals surface area (Å²) in [7, 11) is 0. The summed E-state index contributed by atoms with van der Waals surface area (Å²) in [6, 6.07) is 5.43. The highest BCUT2D eigenvalue weighted by atomic mass is 32.1. The monoisotopic (exact) mass is 332 g/mol. The van der Waals surface area contributed by atoms with Gasteiger partial charge in [-0.1, -0.05) is 13.0 Å². The summed E-state index contributed by atoms with van der Waals surface area (Å²) in [6.45, 7) is 2.14. The number of amides is 2. The number of benzene rings is 1. The van der Waals surface area contributed by atoms with Gasteiger partial charge in [0, 0.05) is 10.4 Å². The van der Waals surface area contributed by atoms with E-state index in [4.69, 9.17) is 5.73 Å². The number of nitrogens with one attached hydrogen (secondary N) is 1. The first-order valence-electron chi connectivity index (χ1n) is 7.47. The lowest BCUT2D eigenvalue weighted by Gasteiger charge is -2.18. The Hall–Kier alpha value is -2.21. The van der Waals surface area contributed by atoms with Crippen LogP contribution in [-0.4, -0.2) is 11.8 Å². The number of carbonyl (C=O) groups excluding carboxylic acids is 2. The third-order valence-electron chi connectivity index (χ3n) is 4.07. The Morgan fingerprint density at radius 2 is 2.17 bits per heavy atom. The van der Waals surface area contributed by atoms with Crippen LogP contribution in [0.25, 0.3) is 0 Å². The molecular weight excluding hydrogens is 315 g/mol. The molecule has 0 fully saturated rings. The van der Waals surface area contributed by atoms with Gasteiger partial charge in [-0.15, -0.1) is 11.3 Å². The maximum absolute atomic E-state index is 13.3. The van der Waals surface area contributed by atoms with Gasteiger partial charge >= 0.3 is 0 Å². The summed E-state index contributed by atoms with van der Waals surface area (Å²) in [6.07, 6.45) is 2.74. The van der Waals surface area contributed by atoms with E-state index < -0.39 is 17.6 Å². The maximum atomic E-state index is 13.3. The van der Waals surface area contributed by atoms with Crippen LogP contribution in [0.3, 0.4) is 0 Å². The Morgan fingerprint density at radius 3 is 2.87 bits per heavy atom. The van der Waals surface area contributed by atoms with Crippen LogP contribution in [0.2, 0.25) is 0 Å². The van der Waals surface area contributed by atoms with Gasteiger partial charge in [-0.25, -0.2) is 4.39 Å². The predicted octanol–water partition coefficient (Wildman–Crippen LogP) is 3.36. The molecule has 0 aliphatic heterocycles. The Morgan fingerprint density at radius 1 is 1.39 bits per heavy atom. The van der Waals surface area contributed by atoms with Crippen LogP contribution < -0.4 is 11.1 Å². The van der Waals surface area contributed by atoms with Crippen LogP contribution in [0.15, 0.2) is 24.3 Å². The predicted molar refractivity (Wildman–Crippen MR) is 88.4 cm³/mol. The van der Waals surface area contributed by atoms with Crippen LogP contribution in [0.5, 0.6) is 0 Å². The van der Waals surface area contributed by atoms with Crippen molar-refractivity contribution >= 4 is 28.2 Å². The highest BCUT2D eigenvalue weighted by Crippen LogP contribution is 2.39. The summed E-state index contributed by atoms with van der Waals surface area (Å²) in [5, 5.41) is 3.18. The molecule has 0 spiro atoms. The van der Waals surface area contributed by atoms with Gasteiger partial charge in [0.05, 0.1) is 5.56 Å². The molecule has 4 nitrogen and oxygen atoms in total. The molecule has 1 aliphatic rings. The maximum Gasteiger partial charge on any atom is 0.256 e. The van der Waals surface area contributed by atoms with Crippen LogP contribution in [-0.2, 0) is 12.8 Å². The Balaban J connectivity index is 1.94. The zero-order chi connectivity index (χ0) is 16.6. The zero-order valence-electron chi connectivity index (χ0n) is 12.7. The lowest BCUT2D eigenvalue weighted by molar-refractivity contribution is 0.1000. The molecule has 120 valence electrons. The molecule has 3 rings (SSSR count). The average Bonchev–Trinajstić information content (AvgIpc) is 2.84. The van der Waals surface area contributed by atoms with Gasteiger partial charge in [-0.05, 0) is 48.9 Å². The number of fused-ring (bicyclic) bond motifs is 1. The summed E-state index contributed by atoms with van der Waals surface area (Å²) in [4.78, 5) is 25.2. The number of carbonyl (C=O) groups is 2. The summed E-state index contributed by atoms with van der Waals surface area (Å²) in [5.41, 5.74) is 7.09. The molecule has 2 amide bonds. The van der Waals surface area contributed by atoms with E-state index in [-0.39, 0.29) is 5.56 Å². The molecule has 1 aliphatic carbocycles. The van der Waals surface area contributed by atoms with E-state index in [2.05, 4.69) is 12.2 Å². The number of rotatable bonds is 3. The van der Waals surface area contributed by atoms with Crippen molar-refractivity contribution in [2.75, 3.05) is 5.32 Å². The molecule has 0 saturated carbocycles. The molecule has 6 heteroatoms. The van der Waals surface area contributed by atoms with Crippen molar-refractivity contribution in [2.24, 2.45) is 11.7 Å². The number of primary amides is 1. The van der Waals surface area contributed by atoms with Gasteiger partial charge in [-0.2, -0.15) is 0 Å². The molecule has 0 saturated heterocycles. The standard InChI is InChI=1S/C17H17FN2O2S/c1-9-5-6-13-12(7-9)14(15(19)21)17(23-13)20-16(22)10-3-2-4-11(18)8-10/h2-4,8-9H,5-7H2,1H3,(H2,19,21)(H,20,22)/t9-/m0/s1. The molecule has 0 bridgehead atoms. The zero-order valence-corrected chi connectivity index (χ0v) is 13.5. The van der Waals surface area contributed by atoms with Crippen LogP contribution in [0.4, 0.5) is 9.39 Å². The van der Waals surface area contributed by atoms with Crippen LogP contribution in [0.1, 0.15) is 44.5 Å². The number of aryl methyl sites for hydroxylation is 1. The highest BCUT2D eigenvalue weighted by Gasteiger charge is 2.27. The smallest absolute Gasteiger partial charge is 0.256 e. The first-order valence-corrected chi connectivity index (χ1v) is 8.28. The average molecular weight is 332 g/mol. The van der Waals surface area contributed by atoms with Crippen molar-refractivity contribution in [1.29, 1.82) is 0 Å². The van der Waals surface area contributed by atoms with Crippen molar-refractivity contribution in [3.63, 3.8) is 0 Å². The molecule has 3 N–H and O–H groups in total. The minimum atomic E-state index is -0.536. The second-order valence-corrected chi connectivity index (χ2v) is 6.99. The molecule has 1 aromatic carbocycles. The molecule has 0 unspecified atom stereocenters. The van der Waals surface area contributed by atoms with Crippen molar-refractivity contribution in [1.82, 2.24) is 0 Å². The number of halogens is 1. The fourth-order valence-corrected chi connectivity index (χ4v) is 4.16. The summed E-state index contributed by atoms with van der Waals surface area (Å²) >= 11 is 1.39. The first kappa shape index (κ1) is 15.7. The van der Waals surface area contributed by atoms with E-state index >= 15 is 0 Å². The minimum absolute atomic E-state index is 0.208. The quantitative estimate of drug-likeness (QED) is 0.904. The number of thiophene rings is 1. The SMILES string of the molecule is C[C@H]1CCc2sc(NC(=O)c3cccc(F)c3)c(C(N)=O)c2C1. The number of anilines is 1. The van der Waals surface area contributed by atoms with E-state index in [9.17, 15) is 14.0 Å². The largest absolute Gasteiger partial charge is 0.365 e. The van der Waals surface area contributed by atoms with E-state index in [1.165, 1.54) is 29.5 Å². The number of nitrogens with two attached hydrogens (primary N) is 1. The van der Waals surface area contributed by atoms with Gasteiger partial charge < -0.3 is 11.1 Å². The normalized spacial score (nSPS) is 16.7. The summed E-state index contributed by atoms with van der Waals surface area (Å²) in [5.74, 6) is -0.973. The van der Waals surface area contributed by atoms with Crippen LogP contribution >= 0.6 is 11.3 Å². The topological polar surface area (TPSA) is 72.2 Å². The fraction of sp³-hybridized carbons (Fsp3) is 0.294. The second-order valence-electron chi connectivity index (χ2n) is 5.88. The van der Waals surface area contributed by atoms with E-state index in [1.54, 1.807) is 0 Å². The molecule has 1 heterocycles. The van der Waals surface area contributed by atoms with Crippen molar-refractivity contribution in [3.05, 3.63) is 51.7 Å². The molecule has 2 aromatic rings. The highest BCUT2D eigenvalue weighted by molar-refractivity contribution is 7.17. The Labute approximate surface area is 137 Å². The molecule has 0 radical (unpaired) electrons. The van der Waals surface area contributed by atoms with E-state index in [1.807, 2.05) is 0 Å². The third kappa shape index (κ3) is 3.12. The number of hydrogen-bond donors (Lipinski definition) is 2. The fourth-order valence-electron chi connectivity index (χ4n) is 2.91. The Kier molecular flexibility index (Phi) is 4.17. The van der Waals surface area contributed by atoms with E-state index in [0.717, 1.165) is 35.8 Å². The number of hydrogen-bond acceptors (Lipinski definition) is 3. The van der Waals surface area contributed by atoms with Crippen molar-refractivity contribution in [2.45, 2.75) is 26.2 Å². The Bertz CT molecular complexity index is 785. The van der Waals surface area contributed by atoms with Crippen molar-refractivity contribution < 1.29 is 14.0 Å². The molecule has 1 atom stereocenters. The first-order chi connectivity index (χ1) is 11.0. The molecular formula is C17H17FN2O2S. The lowest BCUT2D eigenvalue weighted by atomic mass is 9.87. The molecule has 23 heavy (non-hydrogen) atoms. The lowest BCUT2D eigenvalue weighted by Crippen LogP contribution is -2.19. The van der Waals surface area contributed by atoms with Gasteiger partial charge in [0.15, 0.2) is 0 Å². The third-order valence-corrected chi connectivity index (χ3v) is 5.27. The van der Waals surface area contributed by atoms with Gasteiger partial charge in [0.2, 0.25) is 0 Å². The van der Waals surface area contributed by atoms with Crippen molar-refractivity contribution in [3.8, 4) is 0 Å². The molecule has 1 aromatic heterocycles. The van der Waals surface area contributed by atoms with Crippen LogP contribution in [0, 0.1) is 11.7 Å². The van der Waals surface area contributed by atoms with E-state index in [0.29, 0.717) is 16.5 Å².